The minimum absolute atomic E-state index is 0.195. The van der Waals surface area contributed by atoms with Crippen molar-refractivity contribution in [1.29, 1.82) is 0 Å². The highest BCUT2D eigenvalue weighted by Crippen LogP contribution is 2.33. The van der Waals surface area contributed by atoms with Gasteiger partial charge in [-0.1, -0.05) is 24.3 Å². The lowest BCUT2D eigenvalue weighted by atomic mass is 10.0. The van der Waals surface area contributed by atoms with Crippen LogP contribution in [0.3, 0.4) is 0 Å². The first-order valence-electron chi connectivity index (χ1n) is 12.1. The van der Waals surface area contributed by atoms with Gasteiger partial charge in [-0.25, -0.2) is 8.42 Å². The molecule has 0 radical (unpaired) electrons. The number of carbonyl (C=O) groups excluding carboxylic acids is 1. The normalized spacial score (nSPS) is 13.9. The van der Waals surface area contributed by atoms with Gasteiger partial charge in [0.1, 0.15) is 5.75 Å². The Morgan fingerprint density at radius 3 is 2.46 bits per heavy atom. The van der Waals surface area contributed by atoms with E-state index in [4.69, 9.17) is 14.2 Å². The van der Waals surface area contributed by atoms with Gasteiger partial charge in [0, 0.05) is 6.54 Å². The summed E-state index contributed by atoms with van der Waals surface area (Å²) in [4.78, 5) is 12.7. The van der Waals surface area contributed by atoms with Crippen molar-refractivity contribution >= 4 is 21.6 Å². The van der Waals surface area contributed by atoms with E-state index in [1.165, 1.54) is 10.4 Å². The number of nitrogens with zero attached hydrogens (tertiary/aromatic N) is 1. The Morgan fingerprint density at radius 2 is 1.73 bits per heavy atom. The Kier molecular flexibility index (Phi) is 7.92. The summed E-state index contributed by atoms with van der Waals surface area (Å²) in [6.45, 7) is 3.87. The van der Waals surface area contributed by atoms with Crippen molar-refractivity contribution in [3.63, 3.8) is 0 Å². The number of methoxy groups -OCH3 is 2. The molecule has 0 bridgehead atoms. The fourth-order valence-electron chi connectivity index (χ4n) is 4.45. The number of rotatable bonds is 9. The molecule has 4 rings (SSSR count). The van der Waals surface area contributed by atoms with E-state index in [-0.39, 0.29) is 23.5 Å². The second-order valence-electron chi connectivity index (χ2n) is 8.93. The number of hydrogen-bond acceptors (Lipinski definition) is 6. The fourth-order valence-corrected chi connectivity index (χ4v) is 6.08. The van der Waals surface area contributed by atoms with Gasteiger partial charge >= 0.3 is 0 Å². The van der Waals surface area contributed by atoms with Crippen LogP contribution in [0.2, 0.25) is 0 Å². The lowest BCUT2D eigenvalue weighted by Crippen LogP contribution is -2.35. The van der Waals surface area contributed by atoms with E-state index in [0.717, 1.165) is 29.7 Å². The van der Waals surface area contributed by atoms with Gasteiger partial charge in [-0.15, -0.1) is 0 Å². The first-order chi connectivity index (χ1) is 17.7. The van der Waals surface area contributed by atoms with E-state index in [1.807, 2.05) is 43.3 Å². The standard InChI is InChI=1S/C28H32N2O6S/c1-19-16-23(37(32,33)30-15-7-9-21-8-5-6-10-24(21)30)12-14-25(19)36-18-28(31)29-20(2)22-11-13-26(34-3)27(17-22)35-4/h5-6,8,10-14,16-17,20H,7,9,15,18H2,1-4H3,(H,29,31). The molecule has 1 heterocycles. The summed E-state index contributed by atoms with van der Waals surface area (Å²) in [7, 11) is -0.599. The van der Waals surface area contributed by atoms with Crippen LogP contribution >= 0.6 is 0 Å². The number of nitrogens with one attached hydrogen (secondary N) is 1. The van der Waals surface area contributed by atoms with Crippen LogP contribution in [0.25, 0.3) is 0 Å². The average Bonchev–Trinajstić information content (AvgIpc) is 2.91. The second-order valence-corrected chi connectivity index (χ2v) is 10.8. The van der Waals surface area contributed by atoms with Crippen molar-refractivity contribution in [3.8, 4) is 17.2 Å². The highest BCUT2D eigenvalue weighted by atomic mass is 32.2. The summed E-state index contributed by atoms with van der Waals surface area (Å²) < 4.78 is 44.6. The molecule has 1 aliphatic heterocycles. The number of aryl methyl sites for hydroxylation is 2. The summed E-state index contributed by atoms with van der Waals surface area (Å²) in [5.74, 6) is 1.34. The molecule has 0 aromatic heterocycles. The van der Waals surface area contributed by atoms with Gasteiger partial charge in [-0.2, -0.15) is 0 Å². The number of anilines is 1. The molecular formula is C28H32N2O6S. The third kappa shape index (κ3) is 5.67. The molecule has 1 atom stereocenters. The highest BCUT2D eigenvalue weighted by molar-refractivity contribution is 7.92. The first-order valence-corrected chi connectivity index (χ1v) is 13.5. The average molecular weight is 525 g/mol. The minimum atomic E-state index is -3.72. The Morgan fingerprint density at radius 1 is 1.00 bits per heavy atom. The third-order valence-electron chi connectivity index (χ3n) is 6.45. The zero-order valence-corrected chi connectivity index (χ0v) is 22.3. The SMILES string of the molecule is COc1ccc(C(C)NC(=O)COc2ccc(S(=O)(=O)N3CCCc4ccccc43)cc2C)cc1OC. The van der Waals surface area contributed by atoms with Crippen LogP contribution in [0.15, 0.2) is 65.6 Å². The predicted molar refractivity (Wildman–Crippen MR) is 142 cm³/mol. The highest BCUT2D eigenvalue weighted by Gasteiger charge is 2.29. The van der Waals surface area contributed by atoms with Crippen LogP contribution in [-0.2, 0) is 21.2 Å². The van der Waals surface area contributed by atoms with Gasteiger partial charge in [0.05, 0.1) is 30.8 Å². The van der Waals surface area contributed by atoms with Crippen LogP contribution in [-0.4, -0.2) is 41.7 Å². The molecule has 1 aliphatic rings. The van der Waals surface area contributed by atoms with Crippen molar-refractivity contribution in [2.45, 2.75) is 37.6 Å². The van der Waals surface area contributed by atoms with Gasteiger partial charge in [-0.3, -0.25) is 9.10 Å². The van der Waals surface area contributed by atoms with E-state index >= 15 is 0 Å². The van der Waals surface area contributed by atoms with Crippen molar-refractivity contribution in [3.05, 3.63) is 77.4 Å². The molecule has 196 valence electrons. The Balaban J connectivity index is 1.41. The Bertz CT molecular complexity index is 1390. The number of sulfonamides is 1. The van der Waals surface area contributed by atoms with Crippen LogP contribution in [0, 0.1) is 6.92 Å². The number of carbonyl (C=O) groups is 1. The van der Waals surface area contributed by atoms with Crippen molar-refractivity contribution in [1.82, 2.24) is 5.32 Å². The van der Waals surface area contributed by atoms with Crippen LogP contribution in [0.5, 0.6) is 17.2 Å². The lowest BCUT2D eigenvalue weighted by molar-refractivity contribution is -0.123. The smallest absolute Gasteiger partial charge is 0.264 e. The maximum absolute atomic E-state index is 13.4. The van der Waals surface area contributed by atoms with E-state index < -0.39 is 10.0 Å². The zero-order valence-electron chi connectivity index (χ0n) is 21.5. The molecule has 0 fully saturated rings. The van der Waals surface area contributed by atoms with E-state index in [0.29, 0.717) is 29.4 Å². The molecule has 8 nitrogen and oxygen atoms in total. The van der Waals surface area contributed by atoms with Crippen LogP contribution < -0.4 is 23.8 Å². The number of fused-ring (bicyclic) bond motifs is 1. The fraction of sp³-hybridized carbons (Fsp3) is 0.321. The molecule has 0 aliphatic carbocycles. The largest absolute Gasteiger partial charge is 0.493 e. The zero-order chi connectivity index (χ0) is 26.6. The maximum Gasteiger partial charge on any atom is 0.264 e. The molecule has 9 heteroatoms. The number of para-hydroxylation sites is 1. The maximum atomic E-state index is 13.4. The van der Waals surface area contributed by atoms with Crippen LogP contribution in [0.4, 0.5) is 5.69 Å². The molecular weight excluding hydrogens is 492 g/mol. The van der Waals surface area contributed by atoms with Gasteiger partial charge in [-0.05, 0) is 79.8 Å². The quantitative estimate of drug-likeness (QED) is 0.446. The molecule has 1 amide bonds. The van der Waals surface area contributed by atoms with Gasteiger partial charge in [0.2, 0.25) is 0 Å². The Labute approximate surface area is 218 Å². The molecule has 3 aromatic carbocycles. The predicted octanol–water partition coefficient (Wildman–Crippen LogP) is 4.41. The summed E-state index contributed by atoms with van der Waals surface area (Å²) in [5.41, 5.74) is 3.25. The minimum Gasteiger partial charge on any atom is -0.493 e. The first kappa shape index (κ1) is 26.3. The topological polar surface area (TPSA) is 94.2 Å². The van der Waals surface area contributed by atoms with Gasteiger partial charge in [0.15, 0.2) is 18.1 Å². The van der Waals surface area contributed by atoms with Gasteiger partial charge < -0.3 is 19.5 Å². The molecule has 0 saturated carbocycles. The summed E-state index contributed by atoms with van der Waals surface area (Å²) in [6.07, 6.45) is 1.63. The number of amides is 1. The summed E-state index contributed by atoms with van der Waals surface area (Å²) in [6, 6.07) is 17.5. The molecule has 0 spiro atoms. The van der Waals surface area contributed by atoms with Crippen LogP contribution in [0.1, 0.15) is 36.1 Å². The molecule has 3 aromatic rings. The molecule has 1 N–H and O–H groups in total. The van der Waals surface area contributed by atoms with Crippen molar-refractivity contribution in [2.24, 2.45) is 0 Å². The number of benzene rings is 3. The second kappa shape index (κ2) is 11.1. The van der Waals surface area contributed by atoms with E-state index in [9.17, 15) is 13.2 Å². The van der Waals surface area contributed by atoms with E-state index in [2.05, 4.69) is 5.32 Å². The van der Waals surface area contributed by atoms with Crippen molar-refractivity contribution in [2.75, 3.05) is 31.7 Å². The van der Waals surface area contributed by atoms with Gasteiger partial charge in [0.25, 0.3) is 15.9 Å². The summed E-state index contributed by atoms with van der Waals surface area (Å²) in [5, 5.41) is 2.90. The Hall–Kier alpha value is -3.72. The van der Waals surface area contributed by atoms with Crippen molar-refractivity contribution < 1.29 is 27.4 Å². The third-order valence-corrected chi connectivity index (χ3v) is 8.26. The summed E-state index contributed by atoms with van der Waals surface area (Å²) >= 11 is 0. The number of hydrogen-bond donors (Lipinski definition) is 1. The molecule has 37 heavy (non-hydrogen) atoms. The monoisotopic (exact) mass is 524 g/mol. The molecule has 0 saturated heterocycles. The lowest BCUT2D eigenvalue weighted by Gasteiger charge is -2.30. The molecule has 1 unspecified atom stereocenters. The van der Waals surface area contributed by atoms with E-state index in [1.54, 1.807) is 39.3 Å². The number of ether oxygens (including phenoxy) is 3.